The number of rotatable bonds is 4. The second-order valence-corrected chi connectivity index (χ2v) is 6.46. The molecule has 5 nitrogen and oxygen atoms in total. The molecule has 0 aliphatic heterocycles. The number of sulfonamides is 1. The molecule has 0 radical (unpaired) electrons. The van der Waals surface area contributed by atoms with Crippen molar-refractivity contribution in [3.8, 4) is 0 Å². The molecule has 0 unspecified atom stereocenters. The van der Waals surface area contributed by atoms with E-state index in [1.165, 1.54) is 29.7 Å². The van der Waals surface area contributed by atoms with Crippen LogP contribution in [0, 0.1) is 0 Å². The minimum atomic E-state index is -3.65. The minimum absolute atomic E-state index is 0.0869. The summed E-state index contributed by atoms with van der Waals surface area (Å²) in [5.41, 5.74) is 6.40. The van der Waals surface area contributed by atoms with Crippen molar-refractivity contribution in [3.05, 3.63) is 54.4 Å². The molecule has 104 valence electrons. The third-order valence-electron chi connectivity index (χ3n) is 2.77. The van der Waals surface area contributed by atoms with Crippen molar-refractivity contribution in [2.45, 2.75) is 4.90 Å². The molecule has 0 saturated heterocycles. The van der Waals surface area contributed by atoms with E-state index in [1.54, 1.807) is 24.3 Å². The highest BCUT2D eigenvalue weighted by atomic mass is 32.2. The lowest BCUT2D eigenvalue weighted by Gasteiger charge is -2.19. The lowest BCUT2D eigenvalue weighted by atomic mass is 10.3. The van der Waals surface area contributed by atoms with Gasteiger partial charge in [-0.05, 0) is 24.3 Å². The van der Waals surface area contributed by atoms with Gasteiger partial charge in [-0.3, -0.25) is 9.29 Å². The number of aromatic nitrogens is 1. The number of anilines is 1. The Morgan fingerprint density at radius 1 is 1.20 bits per heavy atom. The second kappa shape index (κ2) is 5.56. The quantitative estimate of drug-likeness (QED) is 0.867. The Kier molecular flexibility index (Phi) is 4.01. The molecule has 0 atom stereocenters. The van der Waals surface area contributed by atoms with Crippen LogP contribution in [0.25, 0.3) is 0 Å². The van der Waals surface area contributed by atoms with E-state index in [-0.39, 0.29) is 9.88 Å². The molecule has 0 spiro atoms. The van der Waals surface area contributed by atoms with Gasteiger partial charge in [0.15, 0.2) is 0 Å². The van der Waals surface area contributed by atoms with Gasteiger partial charge in [0.25, 0.3) is 10.0 Å². The summed E-state index contributed by atoms with van der Waals surface area (Å²) < 4.78 is 26.1. The summed E-state index contributed by atoms with van der Waals surface area (Å²) in [5, 5.41) is 0. The number of para-hydroxylation sites is 1. The third-order valence-corrected chi connectivity index (χ3v) is 4.75. The molecule has 0 aliphatic rings. The molecule has 0 saturated carbocycles. The standard InChI is InChI=1S/C13H13N3O2S2/c1-16(10-5-3-2-4-6-10)20(17,18)11-7-8-12(13(14)19)15-9-11/h2-9H,1H3,(H2,14,19). The molecular weight excluding hydrogens is 294 g/mol. The van der Waals surface area contributed by atoms with Crippen LogP contribution in [0.5, 0.6) is 0 Å². The Balaban J connectivity index is 2.37. The first-order valence-electron chi connectivity index (χ1n) is 5.73. The molecule has 2 aromatic rings. The van der Waals surface area contributed by atoms with Crippen molar-refractivity contribution < 1.29 is 8.42 Å². The maximum Gasteiger partial charge on any atom is 0.265 e. The minimum Gasteiger partial charge on any atom is -0.388 e. The molecule has 1 aromatic heterocycles. The van der Waals surface area contributed by atoms with Gasteiger partial charge in [-0.1, -0.05) is 30.4 Å². The second-order valence-electron chi connectivity index (χ2n) is 4.05. The Morgan fingerprint density at radius 2 is 1.85 bits per heavy atom. The zero-order valence-electron chi connectivity index (χ0n) is 10.7. The monoisotopic (exact) mass is 307 g/mol. The van der Waals surface area contributed by atoms with Gasteiger partial charge in [-0.2, -0.15) is 0 Å². The van der Waals surface area contributed by atoms with E-state index in [1.807, 2.05) is 6.07 Å². The number of nitrogens with zero attached hydrogens (tertiary/aromatic N) is 2. The van der Waals surface area contributed by atoms with E-state index >= 15 is 0 Å². The largest absolute Gasteiger partial charge is 0.388 e. The van der Waals surface area contributed by atoms with Crippen molar-refractivity contribution >= 4 is 32.9 Å². The molecule has 0 aliphatic carbocycles. The smallest absolute Gasteiger partial charge is 0.265 e. The van der Waals surface area contributed by atoms with Gasteiger partial charge >= 0.3 is 0 Å². The van der Waals surface area contributed by atoms with Crippen molar-refractivity contribution in [3.63, 3.8) is 0 Å². The topological polar surface area (TPSA) is 76.3 Å². The SMILES string of the molecule is CN(c1ccccc1)S(=O)(=O)c1ccc(C(N)=S)nc1. The van der Waals surface area contributed by atoms with Gasteiger partial charge in [0.1, 0.15) is 9.88 Å². The van der Waals surface area contributed by atoms with Crippen LogP contribution >= 0.6 is 12.2 Å². The predicted molar refractivity (Wildman–Crippen MR) is 82.2 cm³/mol. The summed E-state index contributed by atoms with van der Waals surface area (Å²) >= 11 is 4.78. The van der Waals surface area contributed by atoms with Gasteiger partial charge in [0, 0.05) is 13.2 Å². The predicted octanol–water partition coefficient (Wildman–Crippen LogP) is 1.54. The molecular formula is C13H13N3O2S2. The van der Waals surface area contributed by atoms with E-state index in [4.69, 9.17) is 18.0 Å². The number of hydrogen-bond donors (Lipinski definition) is 1. The number of benzene rings is 1. The fourth-order valence-electron chi connectivity index (χ4n) is 1.61. The van der Waals surface area contributed by atoms with Gasteiger partial charge in [-0.15, -0.1) is 0 Å². The molecule has 0 bridgehead atoms. The van der Waals surface area contributed by atoms with Crippen LogP contribution in [0.4, 0.5) is 5.69 Å². The first kappa shape index (κ1) is 14.4. The maximum atomic E-state index is 12.4. The normalized spacial score (nSPS) is 11.1. The lowest BCUT2D eigenvalue weighted by Crippen LogP contribution is -2.26. The number of thiocarbonyl (C=S) groups is 1. The lowest BCUT2D eigenvalue weighted by molar-refractivity contribution is 0.594. The van der Waals surface area contributed by atoms with Crippen molar-refractivity contribution in [1.29, 1.82) is 0 Å². The van der Waals surface area contributed by atoms with E-state index < -0.39 is 10.0 Å². The third kappa shape index (κ3) is 2.78. The van der Waals surface area contributed by atoms with Crippen LogP contribution < -0.4 is 10.0 Å². The molecule has 1 heterocycles. The van der Waals surface area contributed by atoms with Gasteiger partial charge < -0.3 is 5.73 Å². The zero-order chi connectivity index (χ0) is 14.8. The van der Waals surface area contributed by atoms with Crippen LogP contribution in [0.3, 0.4) is 0 Å². The van der Waals surface area contributed by atoms with Gasteiger partial charge in [0.05, 0.1) is 11.4 Å². The average molecular weight is 307 g/mol. The summed E-state index contributed by atoms with van der Waals surface area (Å²) in [4.78, 5) is 4.17. The maximum absolute atomic E-state index is 12.4. The Morgan fingerprint density at radius 3 is 2.35 bits per heavy atom. The first-order chi connectivity index (χ1) is 9.43. The summed E-state index contributed by atoms with van der Waals surface area (Å²) in [6, 6.07) is 11.7. The fourth-order valence-corrected chi connectivity index (χ4v) is 2.88. The Labute approximate surface area is 123 Å². The molecule has 2 N–H and O–H groups in total. The highest BCUT2D eigenvalue weighted by Crippen LogP contribution is 2.20. The molecule has 0 fully saturated rings. The van der Waals surface area contributed by atoms with Crippen LogP contribution in [-0.4, -0.2) is 25.4 Å². The highest BCUT2D eigenvalue weighted by Gasteiger charge is 2.21. The van der Waals surface area contributed by atoms with E-state index in [0.717, 1.165) is 0 Å². The van der Waals surface area contributed by atoms with Gasteiger partial charge in [0.2, 0.25) is 0 Å². The molecule has 1 aromatic carbocycles. The summed E-state index contributed by atoms with van der Waals surface area (Å²) in [6.45, 7) is 0. The van der Waals surface area contributed by atoms with Crippen LogP contribution in [0.2, 0.25) is 0 Å². The molecule has 0 amide bonds. The zero-order valence-corrected chi connectivity index (χ0v) is 12.4. The summed E-state index contributed by atoms with van der Waals surface area (Å²) in [5.74, 6) is 0. The van der Waals surface area contributed by atoms with Gasteiger partial charge in [-0.25, -0.2) is 8.42 Å². The van der Waals surface area contributed by atoms with E-state index in [2.05, 4.69) is 4.98 Å². The van der Waals surface area contributed by atoms with Crippen LogP contribution in [0.15, 0.2) is 53.6 Å². The van der Waals surface area contributed by atoms with E-state index in [9.17, 15) is 8.42 Å². The van der Waals surface area contributed by atoms with Crippen molar-refractivity contribution in [1.82, 2.24) is 4.98 Å². The summed E-state index contributed by atoms with van der Waals surface area (Å²) in [7, 11) is -2.16. The Bertz CT molecular complexity index is 713. The number of hydrogen-bond acceptors (Lipinski definition) is 4. The van der Waals surface area contributed by atoms with Crippen LogP contribution in [-0.2, 0) is 10.0 Å². The average Bonchev–Trinajstić information content (AvgIpc) is 2.47. The van der Waals surface area contributed by atoms with Crippen molar-refractivity contribution in [2.75, 3.05) is 11.4 Å². The fraction of sp³-hybridized carbons (Fsp3) is 0.0769. The number of nitrogens with two attached hydrogens (primary N) is 1. The molecule has 7 heteroatoms. The van der Waals surface area contributed by atoms with Crippen molar-refractivity contribution in [2.24, 2.45) is 5.73 Å². The number of pyridine rings is 1. The molecule has 20 heavy (non-hydrogen) atoms. The Hall–Kier alpha value is -1.99. The van der Waals surface area contributed by atoms with E-state index in [0.29, 0.717) is 11.4 Å². The summed E-state index contributed by atoms with van der Waals surface area (Å²) in [6.07, 6.45) is 1.25. The molecule has 2 rings (SSSR count). The van der Waals surface area contributed by atoms with Crippen LogP contribution in [0.1, 0.15) is 5.69 Å². The first-order valence-corrected chi connectivity index (χ1v) is 7.57. The highest BCUT2D eigenvalue weighted by molar-refractivity contribution is 7.92.